The summed E-state index contributed by atoms with van der Waals surface area (Å²) < 4.78 is 5.90. The van der Waals surface area contributed by atoms with Crippen LogP contribution in [0.15, 0.2) is 53.3 Å². The number of halogens is 2. The molecule has 0 amide bonds. The van der Waals surface area contributed by atoms with Crippen LogP contribution in [0, 0.1) is 0 Å². The Morgan fingerprint density at radius 3 is 2.81 bits per heavy atom. The van der Waals surface area contributed by atoms with E-state index in [1.54, 1.807) is 6.07 Å². The van der Waals surface area contributed by atoms with Crippen molar-refractivity contribution in [1.29, 1.82) is 0 Å². The fraction of sp³-hybridized carbons (Fsp3) is 0.250. The van der Waals surface area contributed by atoms with Gasteiger partial charge in [0.15, 0.2) is 0 Å². The number of para-hydroxylation sites is 1. The molecule has 1 aromatic heterocycles. The monoisotopic (exact) mass is 388 g/mol. The van der Waals surface area contributed by atoms with Gasteiger partial charge in [0, 0.05) is 30.7 Å². The zero-order valence-corrected chi connectivity index (χ0v) is 15.6. The number of benzene rings is 2. The molecular formula is C20H18Cl2N2O2. The second-order valence-electron chi connectivity index (χ2n) is 6.48. The summed E-state index contributed by atoms with van der Waals surface area (Å²) in [7, 11) is 0. The third kappa shape index (κ3) is 3.64. The van der Waals surface area contributed by atoms with Gasteiger partial charge in [0.2, 0.25) is 0 Å². The van der Waals surface area contributed by atoms with Gasteiger partial charge in [-0.2, -0.15) is 0 Å². The van der Waals surface area contributed by atoms with Crippen LogP contribution >= 0.6 is 23.2 Å². The smallest absolute Gasteiger partial charge is 0.252 e. The fourth-order valence-electron chi connectivity index (χ4n) is 3.31. The number of hydrogen-bond donors (Lipinski definition) is 1. The summed E-state index contributed by atoms with van der Waals surface area (Å²) in [6, 6.07) is 15.4. The van der Waals surface area contributed by atoms with Crippen molar-refractivity contribution in [2.24, 2.45) is 0 Å². The van der Waals surface area contributed by atoms with E-state index in [1.807, 2.05) is 42.5 Å². The minimum atomic E-state index is -0.0851. The van der Waals surface area contributed by atoms with Crippen molar-refractivity contribution in [2.75, 3.05) is 19.7 Å². The summed E-state index contributed by atoms with van der Waals surface area (Å²) >= 11 is 12.1. The predicted octanol–water partition coefficient (Wildman–Crippen LogP) is 4.41. The van der Waals surface area contributed by atoms with E-state index < -0.39 is 0 Å². The van der Waals surface area contributed by atoms with Crippen LogP contribution in [0.4, 0.5) is 0 Å². The maximum absolute atomic E-state index is 12.4. The van der Waals surface area contributed by atoms with Crippen molar-refractivity contribution < 1.29 is 4.74 Å². The van der Waals surface area contributed by atoms with Gasteiger partial charge in [-0.15, -0.1) is 0 Å². The molecular weight excluding hydrogens is 371 g/mol. The lowest BCUT2D eigenvalue weighted by Gasteiger charge is -2.33. The summed E-state index contributed by atoms with van der Waals surface area (Å²) in [4.78, 5) is 17.6. The van der Waals surface area contributed by atoms with Gasteiger partial charge in [0.05, 0.1) is 22.8 Å². The molecule has 1 unspecified atom stereocenters. The second-order valence-corrected chi connectivity index (χ2v) is 7.29. The van der Waals surface area contributed by atoms with E-state index in [1.165, 1.54) is 0 Å². The van der Waals surface area contributed by atoms with Crippen molar-refractivity contribution in [2.45, 2.75) is 12.6 Å². The van der Waals surface area contributed by atoms with Gasteiger partial charge in [-0.25, -0.2) is 0 Å². The van der Waals surface area contributed by atoms with Crippen molar-refractivity contribution in [3.63, 3.8) is 0 Å². The highest BCUT2D eigenvalue weighted by atomic mass is 35.5. The third-order valence-electron chi connectivity index (χ3n) is 4.69. The summed E-state index contributed by atoms with van der Waals surface area (Å²) in [6.07, 6.45) is -0.0851. The van der Waals surface area contributed by atoms with Gasteiger partial charge in [-0.3, -0.25) is 9.69 Å². The number of nitrogens with one attached hydrogen (secondary N) is 1. The van der Waals surface area contributed by atoms with Crippen molar-refractivity contribution in [3.8, 4) is 0 Å². The number of fused-ring (bicyclic) bond motifs is 1. The Kier molecular flexibility index (Phi) is 5.00. The Morgan fingerprint density at radius 2 is 1.96 bits per heavy atom. The maximum atomic E-state index is 12.4. The van der Waals surface area contributed by atoms with E-state index in [0.717, 1.165) is 28.6 Å². The molecule has 1 fully saturated rings. The van der Waals surface area contributed by atoms with Gasteiger partial charge in [0.1, 0.15) is 0 Å². The van der Waals surface area contributed by atoms with Crippen LogP contribution in [0.25, 0.3) is 10.9 Å². The van der Waals surface area contributed by atoms with Crippen LogP contribution < -0.4 is 5.56 Å². The third-order valence-corrected chi connectivity index (χ3v) is 5.43. The highest BCUT2D eigenvalue weighted by Gasteiger charge is 2.23. The van der Waals surface area contributed by atoms with Crippen LogP contribution in [-0.4, -0.2) is 29.6 Å². The molecule has 1 aliphatic heterocycles. The molecule has 2 aromatic carbocycles. The first-order valence-electron chi connectivity index (χ1n) is 8.50. The average Bonchev–Trinajstić information content (AvgIpc) is 2.65. The minimum absolute atomic E-state index is 0.0405. The predicted molar refractivity (Wildman–Crippen MR) is 105 cm³/mol. The molecule has 3 aromatic rings. The van der Waals surface area contributed by atoms with Gasteiger partial charge in [-0.1, -0.05) is 47.5 Å². The standard InChI is InChI=1S/C20H18Cl2N2O2/c21-16-6-5-14(10-17(16)22)19-12-24(7-8-26-19)11-15-9-13-3-1-2-4-18(13)23-20(15)25/h1-6,9-10,19H,7-8,11-12H2,(H,23,25). The average molecular weight is 389 g/mol. The number of ether oxygens (including phenoxy) is 1. The lowest BCUT2D eigenvalue weighted by Crippen LogP contribution is -2.39. The molecule has 1 aliphatic rings. The van der Waals surface area contributed by atoms with Gasteiger partial charge >= 0.3 is 0 Å². The molecule has 6 heteroatoms. The molecule has 0 radical (unpaired) electrons. The Bertz CT molecular complexity index is 1000. The van der Waals surface area contributed by atoms with E-state index in [0.29, 0.717) is 29.7 Å². The summed E-state index contributed by atoms with van der Waals surface area (Å²) in [5.74, 6) is 0. The maximum Gasteiger partial charge on any atom is 0.252 e. The fourth-order valence-corrected chi connectivity index (χ4v) is 3.62. The zero-order valence-electron chi connectivity index (χ0n) is 14.0. The SMILES string of the molecule is O=c1[nH]c2ccccc2cc1CN1CCOC(c2ccc(Cl)c(Cl)c2)C1. The van der Waals surface area contributed by atoms with E-state index in [2.05, 4.69) is 9.88 Å². The number of nitrogens with zero attached hydrogens (tertiary/aromatic N) is 1. The van der Waals surface area contributed by atoms with E-state index >= 15 is 0 Å². The highest BCUT2D eigenvalue weighted by Crippen LogP contribution is 2.29. The number of hydrogen-bond acceptors (Lipinski definition) is 3. The van der Waals surface area contributed by atoms with Crippen LogP contribution in [0.5, 0.6) is 0 Å². The molecule has 4 rings (SSSR count). The van der Waals surface area contributed by atoms with Crippen LogP contribution in [0.2, 0.25) is 10.0 Å². The normalized spacial score (nSPS) is 18.3. The molecule has 4 nitrogen and oxygen atoms in total. The molecule has 0 spiro atoms. The summed E-state index contributed by atoms with van der Waals surface area (Å²) in [5.41, 5.74) is 2.58. The lowest BCUT2D eigenvalue weighted by molar-refractivity contribution is -0.0330. The highest BCUT2D eigenvalue weighted by molar-refractivity contribution is 6.42. The van der Waals surface area contributed by atoms with E-state index in [-0.39, 0.29) is 11.7 Å². The summed E-state index contributed by atoms with van der Waals surface area (Å²) in [6.45, 7) is 2.67. The Morgan fingerprint density at radius 1 is 1.12 bits per heavy atom. The molecule has 0 saturated carbocycles. The Balaban J connectivity index is 1.54. The number of H-pyrrole nitrogens is 1. The molecule has 0 aliphatic carbocycles. The van der Waals surface area contributed by atoms with Crippen LogP contribution in [-0.2, 0) is 11.3 Å². The first-order valence-corrected chi connectivity index (χ1v) is 9.25. The second kappa shape index (κ2) is 7.41. The van der Waals surface area contributed by atoms with Gasteiger partial charge < -0.3 is 9.72 Å². The number of pyridine rings is 1. The summed E-state index contributed by atoms with van der Waals surface area (Å²) in [5, 5.41) is 2.10. The number of rotatable bonds is 3. The van der Waals surface area contributed by atoms with Gasteiger partial charge in [0.25, 0.3) is 5.56 Å². The first kappa shape index (κ1) is 17.6. The number of aromatic amines is 1. The van der Waals surface area contributed by atoms with Crippen molar-refractivity contribution in [1.82, 2.24) is 9.88 Å². The van der Waals surface area contributed by atoms with E-state index in [9.17, 15) is 4.79 Å². The van der Waals surface area contributed by atoms with E-state index in [4.69, 9.17) is 27.9 Å². The topological polar surface area (TPSA) is 45.3 Å². The molecule has 1 atom stereocenters. The zero-order chi connectivity index (χ0) is 18.1. The molecule has 26 heavy (non-hydrogen) atoms. The molecule has 0 bridgehead atoms. The largest absolute Gasteiger partial charge is 0.371 e. The van der Waals surface area contributed by atoms with Crippen LogP contribution in [0.3, 0.4) is 0 Å². The Labute approximate surface area is 161 Å². The molecule has 1 saturated heterocycles. The quantitative estimate of drug-likeness (QED) is 0.722. The lowest BCUT2D eigenvalue weighted by atomic mass is 10.1. The van der Waals surface area contributed by atoms with Crippen molar-refractivity contribution in [3.05, 3.63) is 80.1 Å². The van der Waals surface area contributed by atoms with Crippen molar-refractivity contribution >= 4 is 34.1 Å². The van der Waals surface area contributed by atoms with Gasteiger partial charge in [-0.05, 0) is 35.2 Å². The molecule has 134 valence electrons. The number of morpholine rings is 1. The minimum Gasteiger partial charge on any atom is -0.371 e. The first-order chi connectivity index (χ1) is 12.6. The molecule has 2 heterocycles. The van der Waals surface area contributed by atoms with Crippen LogP contribution in [0.1, 0.15) is 17.2 Å². The Hall–Kier alpha value is -1.85. The number of aromatic nitrogens is 1. The molecule has 1 N–H and O–H groups in total.